The normalized spacial score (nSPS) is 9.73. The predicted octanol–water partition coefficient (Wildman–Crippen LogP) is 1.95. The number of aliphatic hydroxyl groups is 1. The molecule has 0 atom stereocenters. The minimum atomic E-state index is -0.262. The number of benzene rings is 1. The number of halogens is 1. The van der Waals surface area contributed by atoms with E-state index < -0.39 is 0 Å². The fraction of sp³-hybridized carbons (Fsp3) is 0.300. The van der Waals surface area contributed by atoms with Crippen LogP contribution in [0.5, 0.6) is 0 Å². The third-order valence-electron chi connectivity index (χ3n) is 1.70. The number of rotatable bonds is 4. The van der Waals surface area contributed by atoms with Crippen LogP contribution in [0.2, 0.25) is 0 Å². The minimum Gasteiger partial charge on any atom is -0.396 e. The van der Waals surface area contributed by atoms with Gasteiger partial charge in [0.15, 0.2) is 0 Å². The first kappa shape index (κ1) is 12.0. The third kappa shape index (κ3) is 4.80. The zero-order chi connectivity index (χ0) is 11.1. The van der Waals surface area contributed by atoms with Gasteiger partial charge in [-0.25, -0.2) is 4.79 Å². The summed E-state index contributed by atoms with van der Waals surface area (Å²) < 4.78 is 0.913. The molecule has 1 aromatic rings. The molecule has 0 spiro atoms. The summed E-state index contributed by atoms with van der Waals surface area (Å²) in [5.74, 6) is 0. The molecule has 0 aromatic heterocycles. The molecule has 2 amide bonds. The zero-order valence-electron chi connectivity index (χ0n) is 8.16. The number of amides is 2. The monoisotopic (exact) mass is 272 g/mol. The molecule has 0 fully saturated rings. The van der Waals surface area contributed by atoms with E-state index in [1.165, 1.54) is 0 Å². The molecule has 1 aromatic carbocycles. The Kier molecular flexibility index (Phi) is 5.14. The van der Waals surface area contributed by atoms with E-state index >= 15 is 0 Å². The van der Waals surface area contributed by atoms with E-state index in [-0.39, 0.29) is 12.6 Å². The van der Waals surface area contributed by atoms with E-state index in [4.69, 9.17) is 5.11 Å². The van der Waals surface area contributed by atoms with Crippen LogP contribution >= 0.6 is 15.9 Å². The molecule has 0 bridgehead atoms. The molecule has 0 saturated heterocycles. The first-order valence-electron chi connectivity index (χ1n) is 4.63. The topological polar surface area (TPSA) is 61.4 Å². The quantitative estimate of drug-likeness (QED) is 0.734. The summed E-state index contributed by atoms with van der Waals surface area (Å²) in [6.07, 6.45) is 0.561. The highest BCUT2D eigenvalue weighted by molar-refractivity contribution is 9.10. The van der Waals surface area contributed by atoms with Gasteiger partial charge in [0.1, 0.15) is 0 Å². The Morgan fingerprint density at radius 1 is 1.47 bits per heavy atom. The lowest BCUT2D eigenvalue weighted by atomic mass is 10.3. The Morgan fingerprint density at radius 2 is 2.27 bits per heavy atom. The molecule has 0 aliphatic carbocycles. The van der Waals surface area contributed by atoms with Crippen LogP contribution in [0, 0.1) is 0 Å². The van der Waals surface area contributed by atoms with Gasteiger partial charge in [-0.15, -0.1) is 0 Å². The molecule has 15 heavy (non-hydrogen) atoms. The summed E-state index contributed by atoms with van der Waals surface area (Å²) in [5, 5.41) is 13.8. The van der Waals surface area contributed by atoms with Crippen molar-refractivity contribution < 1.29 is 9.90 Å². The van der Waals surface area contributed by atoms with Crippen molar-refractivity contribution in [3.05, 3.63) is 28.7 Å². The number of aliphatic hydroxyl groups excluding tert-OH is 1. The van der Waals surface area contributed by atoms with Crippen molar-refractivity contribution in [1.29, 1.82) is 0 Å². The number of carbonyl (C=O) groups is 1. The first-order chi connectivity index (χ1) is 7.22. The zero-order valence-corrected chi connectivity index (χ0v) is 9.75. The molecule has 4 nitrogen and oxygen atoms in total. The van der Waals surface area contributed by atoms with Crippen molar-refractivity contribution in [3.8, 4) is 0 Å². The number of nitrogens with one attached hydrogen (secondary N) is 2. The van der Waals surface area contributed by atoms with Gasteiger partial charge in [0.05, 0.1) is 0 Å². The van der Waals surface area contributed by atoms with Crippen LogP contribution in [0.3, 0.4) is 0 Å². The number of urea groups is 1. The van der Waals surface area contributed by atoms with Gasteiger partial charge in [-0.3, -0.25) is 0 Å². The van der Waals surface area contributed by atoms with E-state index in [9.17, 15) is 4.79 Å². The lowest BCUT2D eigenvalue weighted by molar-refractivity contribution is 0.249. The molecular weight excluding hydrogens is 260 g/mol. The van der Waals surface area contributed by atoms with Gasteiger partial charge in [0, 0.05) is 23.3 Å². The largest absolute Gasteiger partial charge is 0.396 e. The van der Waals surface area contributed by atoms with Crippen molar-refractivity contribution in [2.24, 2.45) is 0 Å². The van der Waals surface area contributed by atoms with Crippen LogP contribution in [0.15, 0.2) is 28.7 Å². The van der Waals surface area contributed by atoms with Gasteiger partial charge in [0.25, 0.3) is 0 Å². The Bertz CT molecular complexity index is 331. The summed E-state index contributed by atoms with van der Waals surface area (Å²) in [7, 11) is 0. The van der Waals surface area contributed by atoms with Gasteiger partial charge in [-0.05, 0) is 24.6 Å². The Hall–Kier alpha value is -1.07. The van der Waals surface area contributed by atoms with Crippen LogP contribution in [0.4, 0.5) is 10.5 Å². The maximum atomic E-state index is 11.3. The fourth-order valence-corrected chi connectivity index (χ4v) is 1.42. The van der Waals surface area contributed by atoms with Crippen LogP contribution in [0.25, 0.3) is 0 Å². The summed E-state index contributed by atoms with van der Waals surface area (Å²) in [4.78, 5) is 11.3. The lowest BCUT2D eigenvalue weighted by Gasteiger charge is -2.06. The second-order valence-electron chi connectivity index (χ2n) is 2.97. The highest BCUT2D eigenvalue weighted by atomic mass is 79.9. The van der Waals surface area contributed by atoms with E-state index in [0.29, 0.717) is 13.0 Å². The van der Waals surface area contributed by atoms with Gasteiger partial charge in [0.2, 0.25) is 0 Å². The van der Waals surface area contributed by atoms with Crippen molar-refractivity contribution in [1.82, 2.24) is 5.32 Å². The molecule has 0 saturated carbocycles. The van der Waals surface area contributed by atoms with Crippen LogP contribution in [-0.2, 0) is 0 Å². The van der Waals surface area contributed by atoms with Gasteiger partial charge < -0.3 is 15.7 Å². The molecule has 1 rings (SSSR count). The number of hydrogen-bond acceptors (Lipinski definition) is 2. The second-order valence-corrected chi connectivity index (χ2v) is 3.88. The Labute approximate surface area is 96.8 Å². The first-order valence-corrected chi connectivity index (χ1v) is 5.43. The lowest BCUT2D eigenvalue weighted by Crippen LogP contribution is -2.29. The molecule has 0 heterocycles. The molecular formula is C10H13BrN2O2. The van der Waals surface area contributed by atoms with E-state index in [1.54, 1.807) is 6.07 Å². The standard InChI is InChI=1S/C10H13BrN2O2/c11-8-3-1-4-9(7-8)13-10(15)12-5-2-6-14/h1,3-4,7,14H,2,5-6H2,(H2,12,13,15). The number of carbonyl (C=O) groups excluding carboxylic acids is 1. The molecule has 5 heteroatoms. The molecule has 82 valence electrons. The summed E-state index contributed by atoms with van der Waals surface area (Å²) in [6.45, 7) is 0.549. The summed E-state index contributed by atoms with van der Waals surface area (Å²) >= 11 is 3.31. The van der Waals surface area contributed by atoms with Gasteiger partial charge >= 0.3 is 6.03 Å². The average molecular weight is 273 g/mol. The summed E-state index contributed by atoms with van der Waals surface area (Å²) in [6, 6.07) is 7.08. The fourth-order valence-electron chi connectivity index (χ4n) is 1.02. The molecule has 3 N–H and O–H groups in total. The Balaban J connectivity index is 2.37. The van der Waals surface area contributed by atoms with E-state index in [0.717, 1.165) is 10.2 Å². The van der Waals surface area contributed by atoms with Crippen molar-refractivity contribution in [2.75, 3.05) is 18.5 Å². The van der Waals surface area contributed by atoms with Gasteiger partial charge in [-0.1, -0.05) is 22.0 Å². The molecule has 0 unspecified atom stereocenters. The van der Waals surface area contributed by atoms with Gasteiger partial charge in [-0.2, -0.15) is 0 Å². The van der Waals surface area contributed by atoms with Crippen LogP contribution in [-0.4, -0.2) is 24.3 Å². The number of anilines is 1. The van der Waals surface area contributed by atoms with Crippen molar-refractivity contribution in [3.63, 3.8) is 0 Å². The van der Waals surface area contributed by atoms with Crippen molar-refractivity contribution in [2.45, 2.75) is 6.42 Å². The van der Waals surface area contributed by atoms with Crippen molar-refractivity contribution >= 4 is 27.6 Å². The maximum absolute atomic E-state index is 11.3. The predicted molar refractivity (Wildman–Crippen MR) is 62.9 cm³/mol. The second kappa shape index (κ2) is 6.42. The van der Waals surface area contributed by atoms with Crippen LogP contribution in [0.1, 0.15) is 6.42 Å². The molecule has 0 radical (unpaired) electrons. The molecule has 0 aliphatic heterocycles. The molecule has 0 aliphatic rings. The third-order valence-corrected chi connectivity index (χ3v) is 2.20. The Morgan fingerprint density at radius 3 is 2.93 bits per heavy atom. The number of hydrogen-bond donors (Lipinski definition) is 3. The smallest absolute Gasteiger partial charge is 0.319 e. The van der Waals surface area contributed by atoms with Crippen LogP contribution < -0.4 is 10.6 Å². The maximum Gasteiger partial charge on any atom is 0.319 e. The summed E-state index contributed by atoms with van der Waals surface area (Å²) in [5.41, 5.74) is 0.728. The van der Waals surface area contributed by atoms with E-state index in [1.807, 2.05) is 18.2 Å². The SMILES string of the molecule is O=C(NCCCO)Nc1cccc(Br)c1. The highest BCUT2D eigenvalue weighted by Crippen LogP contribution is 2.15. The average Bonchev–Trinajstić information content (AvgIpc) is 2.18. The highest BCUT2D eigenvalue weighted by Gasteiger charge is 2.00. The minimum absolute atomic E-state index is 0.0805. The van der Waals surface area contributed by atoms with E-state index in [2.05, 4.69) is 26.6 Å².